The molecule has 0 saturated heterocycles. The van der Waals surface area contributed by atoms with Gasteiger partial charge in [0.2, 0.25) is 5.82 Å². The highest BCUT2D eigenvalue weighted by molar-refractivity contribution is 8.02. The molecule has 11 heteroatoms. The fourth-order valence-corrected chi connectivity index (χ4v) is 3.53. The van der Waals surface area contributed by atoms with Crippen LogP contribution in [-0.4, -0.2) is 33.5 Å². The zero-order valence-electron chi connectivity index (χ0n) is 10.2. The Bertz CT molecular complexity index is 601. The van der Waals surface area contributed by atoms with E-state index in [0.29, 0.717) is 4.34 Å². The van der Waals surface area contributed by atoms with Gasteiger partial charge in [0.1, 0.15) is 10.8 Å². The Kier molecular flexibility index (Phi) is 4.70. The lowest BCUT2D eigenvalue weighted by Gasteiger charge is -2.08. The summed E-state index contributed by atoms with van der Waals surface area (Å²) in [5.74, 6) is -1.08. The molecule has 0 fully saturated rings. The monoisotopic (exact) mass is 339 g/mol. The second-order valence-corrected chi connectivity index (χ2v) is 6.60. The number of hydrogen-bond donors (Lipinski definition) is 1. The van der Waals surface area contributed by atoms with Crippen LogP contribution < -0.4 is 5.32 Å². The second-order valence-electron chi connectivity index (χ2n) is 3.30. The zero-order valence-corrected chi connectivity index (χ0v) is 12.7. The first-order chi connectivity index (χ1) is 9.42. The summed E-state index contributed by atoms with van der Waals surface area (Å²) in [4.78, 5) is 6.89. The number of nitrogens with one attached hydrogen (secondary N) is 1. The summed E-state index contributed by atoms with van der Waals surface area (Å²) < 4.78 is 39.3. The number of rotatable bonds is 4. The van der Waals surface area contributed by atoms with E-state index in [1.807, 2.05) is 6.26 Å². The van der Waals surface area contributed by atoms with Crippen LogP contribution in [0.1, 0.15) is 5.82 Å². The van der Waals surface area contributed by atoms with Crippen LogP contribution in [-0.2, 0) is 6.18 Å². The summed E-state index contributed by atoms with van der Waals surface area (Å²) in [6.07, 6.45) is -2.74. The molecule has 0 aliphatic carbocycles. The van der Waals surface area contributed by atoms with Crippen molar-refractivity contribution in [2.24, 2.45) is 0 Å². The quantitative estimate of drug-likeness (QED) is 0.677. The predicted octanol–water partition coefficient (Wildman–Crippen LogP) is 3.26. The van der Waals surface area contributed by atoms with Crippen molar-refractivity contribution in [2.45, 2.75) is 19.9 Å². The van der Waals surface area contributed by atoms with Crippen LogP contribution in [0, 0.1) is 0 Å². The minimum absolute atomic E-state index is 0.101. The summed E-state index contributed by atoms with van der Waals surface area (Å²) in [6.45, 7) is 0. The van der Waals surface area contributed by atoms with E-state index in [0.717, 1.165) is 16.1 Å². The number of alkyl halides is 3. The maximum absolute atomic E-state index is 12.7. The van der Waals surface area contributed by atoms with Gasteiger partial charge >= 0.3 is 6.18 Å². The van der Waals surface area contributed by atoms with Gasteiger partial charge in [-0.15, -0.1) is 10.2 Å². The van der Waals surface area contributed by atoms with E-state index in [2.05, 4.69) is 25.5 Å². The smallest absolute Gasteiger partial charge is 0.373 e. The highest BCUT2D eigenvalue weighted by atomic mass is 32.2. The van der Waals surface area contributed by atoms with Crippen LogP contribution in [0.3, 0.4) is 0 Å². The van der Waals surface area contributed by atoms with Crippen LogP contribution in [0.15, 0.2) is 19.8 Å². The summed E-state index contributed by atoms with van der Waals surface area (Å²) in [5.41, 5.74) is 0. The van der Waals surface area contributed by atoms with Gasteiger partial charge in [0.25, 0.3) is 0 Å². The van der Waals surface area contributed by atoms with Crippen LogP contribution in [0.25, 0.3) is 0 Å². The Morgan fingerprint density at radius 3 is 2.45 bits per heavy atom. The molecule has 0 aromatic carbocycles. The van der Waals surface area contributed by atoms with Crippen LogP contribution >= 0.6 is 34.9 Å². The summed E-state index contributed by atoms with van der Waals surface area (Å²) in [5, 5.41) is 10.5. The SMILES string of the molecule is CNc1cc(Sc2nnc(SC)s2)nc(C(F)(F)F)n1. The molecule has 0 atom stereocenters. The van der Waals surface area contributed by atoms with E-state index >= 15 is 0 Å². The molecule has 2 aromatic rings. The number of hydrogen-bond acceptors (Lipinski definition) is 8. The molecule has 0 spiro atoms. The van der Waals surface area contributed by atoms with Gasteiger partial charge in [-0.1, -0.05) is 23.1 Å². The van der Waals surface area contributed by atoms with Crippen molar-refractivity contribution >= 4 is 40.7 Å². The predicted molar refractivity (Wildman–Crippen MR) is 72.4 cm³/mol. The zero-order chi connectivity index (χ0) is 14.8. The standard InChI is InChI=1S/C9H8F3N5S3/c1-13-4-3-5(15-6(14-4)9(10,11)12)19-8-17-16-7(18-2)20-8/h3H,1-2H3,(H,13,14,15). The lowest BCUT2D eigenvalue weighted by molar-refractivity contribution is -0.145. The molecule has 5 nitrogen and oxygen atoms in total. The normalized spacial score (nSPS) is 11.7. The highest BCUT2D eigenvalue weighted by Gasteiger charge is 2.35. The van der Waals surface area contributed by atoms with E-state index in [4.69, 9.17) is 0 Å². The van der Waals surface area contributed by atoms with Gasteiger partial charge in [-0.2, -0.15) is 13.2 Å². The Hall–Kier alpha value is -1.07. The molecule has 2 rings (SSSR count). The fraction of sp³-hybridized carbons (Fsp3) is 0.333. The number of thioether (sulfide) groups is 1. The van der Waals surface area contributed by atoms with E-state index in [-0.39, 0.29) is 10.8 Å². The van der Waals surface area contributed by atoms with Crippen molar-refractivity contribution in [2.75, 3.05) is 18.6 Å². The first-order valence-electron chi connectivity index (χ1n) is 5.11. The Labute approximate surface area is 124 Å². The second kappa shape index (κ2) is 6.14. The van der Waals surface area contributed by atoms with Crippen LogP contribution in [0.4, 0.5) is 19.0 Å². The minimum Gasteiger partial charge on any atom is -0.373 e. The number of anilines is 1. The Balaban J connectivity index is 2.31. The number of aromatic nitrogens is 4. The molecule has 0 unspecified atom stereocenters. The van der Waals surface area contributed by atoms with Crippen LogP contribution in [0.5, 0.6) is 0 Å². The summed E-state index contributed by atoms with van der Waals surface area (Å²) in [7, 11) is 1.49. The van der Waals surface area contributed by atoms with Crippen LogP contribution in [0.2, 0.25) is 0 Å². The van der Waals surface area contributed by atoms with E-state index in [1.54, 1.807) is 0 Å². The molecule has 2 aromatic heterocycles. The maximum Gasteiger partial charge on any atom is 0.451 e. The third-order valence-corrected chi connectivity index (χ3v) is 4.83. The Morgan fingerprint density at radius 2 is 1.90 bits per heavy atom. The van der Waals surface area contributed by atoms with Gasteiger partial charge in [0.15, 0.2) is 8.68 Å². The van der Waals surface area contributed by atoms with Gasteiger partial charge in [-0.3, -0.25) is 0 Å². The van der Waals surface area contributed by atoms with E-state index < -0.39 is 12.0 Å². The molecule has 0 saturated carbocycles. The Morgan fingerprint density at radius 1 is 1.20 bits per heavy atom. The molecule has 0 aliphatic heterocycles. The molecule has 20 heavy (non-hydrogen) atoms. The van der Waals surface area contributed by atoms with E-state index in [9.17, 15) is 13.2 Å². The van der Waals surface area contributed by atoms with Gasteiger partial charge in [0.05, 0.1) is 0 Å². The van der Waals surface area contributed by atoms with Gasteiger partial charge in [0, 0.05) is 13.1 Å². The van der Waals surface area contributed by atoms with Crippen molar-refractivity contribution in [3.05, 3.63) is 11.9 Å². The molecule has 0 aliphatic rings. The first-order valence-corrected chi connectivity index (χ1v) is 7.97. The maximum atomic E-state index is 12.7. The molecule has 0 bridgehead atoms. The molecule has 108 valence electrons. The van der Waals surface area contributed by atoms with Crippen molar-refractivity contribution in [3.8, 4) is 0 Å². The first kappa shape index (κ1) is 15.3. The molecule has 0 amide bonds. The number of nitrogens with zero attached hydrogens (tertiary/aromatic N) is 4. The fourth-order valence-electron chi connectivity index (χ4n) is 1.14. The average Bonchev–Trinajstić information content (AvgIpc) is 2.85. The summed E-state index contributed by atoms with van der Waals surface area (Å²) in [6, 6.07) is 1.43. The van der Waals surface area contributed by atoms with Gasteiger partial charge in [-0.05, 0) is 18.0 Å². The molecular formula is C9H8F3N5S3. The lowest BCUT2D eigenvalue weighted by Crippen LogP contribution is -2.12. The van der Waals surface area contributed by atoms with Crippen molar-refractivity contribution < 1.29 is 13.2 Å². The average molecular weight is 339 g/mol. The molecule has 1 N–H and O–H groups in total. The third-order valence-electron chi connectivity index (χ3n) is 1.97. The topological polar surface area (TPSA) is 63.6 Å². The number of halogens is 3. The van der Waals surface area contributed by atoms with Crippen molar-refractivity contribution in [1.29, 1.82) is 0 Å². The molecule has 0 radical (unpaired) electrons. The molecular weight excluding hydrogens is 331 g/mol. The minimum atomic E-state index is -4.59. The van der Waals surface area contributed by atoms with Crippen molar-refractivity contribution in [1.82, 2.24) is 20.2 Å². The van der Waals surface area contributed by atoms with Gasteiger partial charge < -0.3 is 5.32 Å². The largest absolute Gasteiger partial charge is 0.451 e. The summed E-state index contributed by atoms with van der Waals surface area (Å²) >= 11 is 3.74. The van der Waals surface area contributed by atoms with Gasteiger partial charge in [-0.25, -0.2) is 9.97 Å². The van der Waals surface area contributed by atoms with E-state index in [1.165, 1.54) is 36.2 Å². The highest BCUT2D eigenvalue weighted by Crippen LogP contribution is 2.34. The van der Waals surface area contributed by atoms with Crippen molar-refractivity contribution in [3.63, 3.8) is 0 Å². The third kappa shape index (κ3) is 3.73. The molecule has 2 heterocycles. The lowest BCUT2D eigenvalue weighted by atomic mass is 10.5.